The first-order chi connectivity index (χ1) is 19.6. The Balaban J connectivity index is 0.000000305. The van der Waals surface area contributed by atoms with Gasteiger partial charge in [0.25, 0.3) is 0 Å². The predicted molar refractivity (Wildman–Crippen MR) is 152 cm³/mol. The lowest BCUT2D eigenvalue weighted by molar-refractivity contribution is 0.0554. The number of thioether (sulfide) groups is 1. The Hall–Kier alpha value is -4.51. The molecule has 11 heteroatoms. The summed E-state index contributed by atoms with van der Waals surface area (Å²) in [4.78, 5) is 48.5. The molecule has 0 spiro atoms. The van der Waals surface area contributed by atoms with Gasteiger partial charge in [0.05, 0.1) is 64.9 Å². The fourth-order valence-corrected chi connectivity index (χ4v) is 4.61. The maximum Gasteiger partial charge on any atom is 0.339 e. The molecule has 0 aliphatic heterocycles. The topological polar surface area (TPSA) is 124 Å². The second kappa shape index (κ2) is 15.9. The van der Waals surface area contributed by atoms with Crippen LogP contribution in [0.25, 0.3) is 0 Å². The Morgan fingerprint density at radius 1 is 0.610 bits per heavy atom. The molecule has 0 radical (unpaired) electrons. The minimum absolute atomic E-state index is 0.132. The Kier molecular flexibility index (Phi) is 12.7. The van der Waals surface area contributed by atoms with Gasteiger partial charge in [-0.25, -0.2) is 19.2 Å². The summed E-state index contributed by atoms with van der Waals surface area (Å²) in [5, 5.41) is 0. The molecule has 0 N–H and O–H groups in total. The molecule has 0 aliphatic carbocycles. The maximum absolute atomic E-state index is 12.2. The molecule has 0 saturated heterocycles. The van der Waals surface area contributed by atoms with E-state index < -0.39 is 23.9 Å². The van der Waals surface area contributed by atoms with Gasteiger partial charge < -0.3 is 28.4 Å². The van der Waals surface area contributed by atoms with Gasteiger partial charge in [-0.3, -0.25) is 0 Å². The van der Waals surface area contributed by atoms with Gasteiger partial charge in [0, 0.05) is 10.6 Å². The average Bonchev–Trinajstić information content (AvgIpc) is 3.01. The van der Waals surface area contributed by atoms with Crippen LogP contribution >= 0.6 is 11.8 Å². The third-order valence-corrected chi connectivity index (χ3v) is 6.76. The van der Waals surface area contributed by atoms with Crippen molar-refractivity contribution >= 4 is 35.6 Å². The van der Waals surface area contributed by atoms with E-state index in [2.05, 4.69) is 9.47 Å². The lowest BCUT2D eigenvalue weighted by Crippen LogP contribution is -2.15. The van der Waals surface area contributed by atoms with Crippen molar-refractivity contribution in [2.24, 2.45) is 0 Å². The highest BCUT2D eigenvalue weighted by molar-refractivity contribution is 7.98. The van der Waals surface area contributed by atoms with E-state index in [9.17, 15) is 19.2 Å². The van der Waals surface area contributed by atoms with Crippen LogP contribution in [0.1, 0.15) is 52.6 Å². The van der Waals surface area contributed by atoms with Crippen LogP contribution < -0.4 is 9.47 Å². The summed E-state index contributed by atoms with van der Waals surface area (Å²) in [5.41, 5.74) is 1.91. The summed E-state index contributed by atoms with van der Waals surface area (Å²) in [5.74, 6) is -0.933. The fraction of sp³-hybridized carbons (Fsp3) is 0.267. The fourth-order valence-electron chi connectivity index (χ4n) is 3.71. The molecule has 0 aromatic heterocycles. The third kappa shape index (κ3) is 8.49. The van der Waals surface area contributed by atoms with Gasteiger partial charge in [0.1, 0.15) is 11.5 Å². The van der Waals surface area contributed by atoms with Crippen molar-refractivity contribution in [1.29, 1.82) is 0 Å². The minimum Gasteiger partial charge on any atom is -0.497 e. The van der Waals surface area contributed by atoms with Crippen LogP contribution in [0.2, 0.25) is 0 Å². The van der Waals surface area contributed by atoms with E-state index in [-0.39, 0.29) is 22.3 Å². The molecule has 3 rings (SSSR count). The third-order valence-electron chi connectivity index (χ3n) is 5.70. The number of ether oxygens (including phenoxy) is 6. The Bertz CT molecular complexity index is 1390. The number of carbonyl (C=O) groups is 4. The van der Waals surface area contributed by atoms with Gasteiger partial charge in [-0.2, -0.15) is 0 Å². The molecule has 218 valence electrons. The molecular weight excluding hydrogens is 552 g/mol. The van der Waals surface area contributed by atoms with Crippen molar-refractivity contribution in [3.8, 4) is 11.5 Å². The molecule has 0 bridgehead atoms. The molecule has 3 aromatic rings. The van der Waals surface area contributed by atoms with Crippen molar-refractivity contribution in [3.05, 3.63) is 88.0 Å². The predicted octanol–water partition coefficient (Wildman–Crippen LogP) is 5.14. The quantitative estimate of drug-likeness (QED) is 0.189. The zero-order chi connectivity index (χ0) is 30.5. The van der Waals surface area contributed by atoms with Crippen molar-refractivity contribution in [3.63, 3.8) is 0 Å². The number of carbonyl (C=O) groups excluding carboxylic acids is 4. The standard InChI is InChI=1S/C18H18O5S.C12H14O5/c1-21-13-9-12(11-24-14-7-5-4-6-8-14)16(18(20)23-3)15(10-13)17(19)22-2;1-7-5-8(15-2)6-9(11(13)16-3)10(7)12(14)17-4/h4-10H,11H2,1-3H3;5-6H,1-4H3. The van der Waals surface area contributed by atoms with Crippen LogP contribution in [-0.2, 0) is 24.7 Å². The number of aryl methyl sites for hydroxylation is 1. The van der Waals surface area contributed by atoms with Crippen molar-refractivity contribution in [2.45, 2.75) is 17.6 Å². The number of rotatable bonds is 9. The molecule has 0 aliphatic rings. The van der Waals surface area contributed by atoms with Gasteiger partial charge in [0.2, 0.25) is 0 Å². The second-order valence-electron chi connectivity index (χ2n) is 8.14. The molecule has 3 aromatic carbocycles. The van der Waals surface area contributed by atoms with E-state index in [1.54, 1.807) is 30.8 Å². The molecule has 0 unspecified atom stereocenters. The van der Waals surface area contributed by atoms with Gasteiger partial charge >= 0.3 is 23.9 Å². The highest BCUT2D eigenvalue weighted by atomic mass is 32.2. The normalized spacial score (nSPS) is 9.93. The first kappa shape index (κ1) is 32.7. The van der Waals surface area contributed by atoms with Crippen molar-refractivity contribution in [1.82, 2.24) is 0 Å². The zero-order valence-corrected chi connectivity index (χ0v) is 24.7. The van der Waals surface area contributed by atoms with E-state index in [0.717, 1.165) is 4.90 Å². The number of hydrogen-bond acceptors (Lipinski definition) is 11. The van der Waals surface area contributed by atoms with Crippen LogP contribution in [0.4, 0.5) is 0 Å². The van der Waals surface area contributed by atoms with Crippen LogP contribution in [0, 0.1) is 6.92 Å². The highest BCUT2D eigenvalue weighted by Gasteiger charge is 2.24. The van der Waals surface area contributed by atoms with Crippen LogP contribution in [0.5, 0.6) is 11.5 Å². The lowest BCUT2D eigenvalue weighted by atomic mass is 10.0. The monoisotopic (exact) mass is 584 g/mol. The summed E-state index contributed by atoms with van der Waals surface area (Å²) in [7, 11) is 8.03. The van der Waals surface area contributed by atoms with E-state index in [4.69, 9.17) is 18.9 Å². The molecule has 0 atom stereocenters. The zero-order valence-electron chi connectivity index (χ0n) is 23.9. The first-order valence-electron chi connectivity index (χ1n) is 12.1. The van der Waals surface area contributed by atoms with E-state index in [0.29, 0.717) is 28.4 Å². The number of benzene rings is 3. The summed E-state index contributed by atoms with van der Waals surface area (Å²) in [6.45, 7) is 1.70. The summed E-state index contributed by atoms with van der Waals surface area (Å²) >= 11 is 1.55. The Morgan fingerprint density at radius 3 is 1.56 bits per heavy atom. The van der Waals surface area contributed by atoms with Crippen LogP contribution in [-0.4, -0.2) is 66.5 Å². The highest BCUT2D eigenvalue weighted by Crippen LogP contribution is 2.30. The summed E-state index contributed by atoms with van der Waals surface area (Å²) in [6, 6.07) is 16.1. The van der Waals surface area contributed by atoms with Gasteiger partial charge in [-0.1, -0.05) is 18.2 Å². The maximum atomic E-state index is 12.2. The van der Waals surface area contributed by atoms with Gasteiger partial charge in [-0.15, -0.1) is 11.8 Å². The Morgan fingerprint density at radius 2 is 1.07 bits per heavy atom. The van der Waals surface area contributed by atoms with Gasteiger partial charge in [0.15, 0.2) is 0 Å². The lowest BCUT2D eigenvalue weighted by Gasteiger charge is -2.14. The molecule has 0 saturated carbocycles. The largest absolute Gasteiger partial charge is 0.497 e. The molecular formula is C30H32O10S. The first-order valence-corrected chi connectivity index (χ1v) is 13.0. The number of hydrogen-bond donors (Lipinski definition) is 0. The van der Waals surface area contributed by atoms with E-state index in [1.807, 2.05) is 30.3 Å². The smallest absolute Gasteiger partial charge is 0.339 e. The number of methoxy groups -OCH3 is 6. The van der Waals surface area contributed by atoms with E-state index >= 15 is 0 Å². The second-order valence-corrected chi connectivity index (χ2v) is 9.19. The molecule has 0 fully saturated rings. The SMILES string of the molecule is COC(=O)c1cc(OC)cc(C)c1C(=O)OC.COC(=O)c1cc(OC)cc(CSc2ccccc2)c1C(=O)OC. The number of esters is 4. The molecule has 0 heterocycles. The Labute approximate surface area is 242 Å². The molecule has 10 nitrogen and oxygen atoms in total. The van der Waals surface area contributed by atoms with Crippen LogP contribution in [0.3, 0.4) is 0 Å². The van der Waals surface area contributed by atoms with Gasteiger partial charge in [-0.05, 0) is 54.4 Å². The molecule has 41 heavy (non-hydrogen) atoms. The summed E-state index contributed by atoms with van der Waals surface area (Å²) in [6.07, 6.45) is 0. The minimum atomic E-state index is -0.611. The molecule has 0 amide bonds. The van der Waals surface area contributed by atoms with Crippen LogP contribution in [0.15, 0.2) is 59.5 Å². The van der Waals surface area contributed by atoms with Crippen molar-refractivity contribution < 1.29 is 47.6 Å². The van der Waals surface area contributed by atoms with E-state index in [1.165, 1.54) is 54.8 Å². The van der Waals surface area contributed by atoms with Crippen molar-refractivity contribution in [2.75, 3.05) is 42.7 Å². The average molecular weight is 585 g/mol. The summed E-state index contributed by atoms with van der Waals surface area (Å²) < 4.78 is 29.2.